The van der Waals surface area contributed by atoms with Gasteiger partial charge in [0, 0.05) is 31.2 Å². The zero-order valence-corrected chi connectivity index (χ0v) is 18.9. The Kier molecular flexibility index (Phi) is 6.59. The summed E-state index contributed by atoms with van der Waals surface area (Å²) in [6.07, 6.45) is 5.34. The SMILES string of the molecule is C=C1C[C@H]2c3c(OC(C)=O)cc(CCCCC)cc3OC(C)(C)[C@@H]2C[C@H]1OC(C)=O. The van der Waals surface area contributed by atoms with E-state index in [0.717, 1.165) is 48.1 Å². The van der Waals surface area contributed by atoms with Crippen LogP contribution in [0.15, 0.2) is 24.3 Å². The second-order valence-electron chi connectivity index (χ2n) is 9.17. The summed E-state index contributed by atoms with van der Waals surface area (Å²) in [4.78, 5) is 23.4. The molecule has 5 heteroatoms. The Morgan fingerprint density at radius 3 is 2.57 bits per heavy atom. The van der Waals surface area contributed by atoms with E-state index in [4.69, 9.17) is 14.2 Å². The van der Waals surface area contributed by atoms with Gasteiger partial charge < -0.3 is 14.2 Å². The zero-order chi connectivity index (χ0) is 22.1. The number of hydrogen-bond acceptors (Lipinski definition) is 5. The molecule has 0 aromatic heterocycles. The first kappa shape index (κ1) is 22.4. The van der Waals surface area contributed by atoms with Crippen LogP contribution in [0.2, 0.25) is 0 Å². The van der Waals surface area contributed by atoms with E-state index in [9.17, 15) is 9.59 Å². The van der Waals surface area contributed by atoms with Crippen molar-refractivity contribution < 1.29 is 23.8 Å². The van der Waals surface area contributed by atoms with Crippen LogP contribution in [-0.4, -0.2) is 23.6 Å². The molecule has 3 atom stereocenters. The molecule has 0 spiro atoms. The van der Waals surface area contributed by atoms with Crippen molar-refractivity contribution >= 4 is 11.9 Å². The average Bonchev–Trinajstić information content (AvgIpc) is 2.61. The topological polar surface area (TPSA) is 61.8 Å². The van der Waals surface area contributed by atoms with E-state index in [-0.39, 0.29) is 29.9 Å². The fourth-order valence-electron chi connectivity index (χ4n) is 4.95. The molecule has 1 aliphatic carbocycles. The molecule has 1 aromatic carbocycles. The molecule has 5 nitrogen and oxygen atoms in total. The summed E-state index contributed by atoms with van der Waals surface area (Å²) in [7, 11) is 0. The number of hydrogen-bond donors (Lipinski definition) is 0. The maximum atomic E-state index is 11.9. The average molecular weight is 415 g/mol. The molecule has 1 fully saturated rings. The van der Waals surface area contributed by atoms with Crippen LogP contribution in [0.4, 0.5) is 0 Å². The van der Waals surface area contributed by atoms with E-state index in [2.05, 4.69) is 33.4 Å². The lowest BCUT2D eigenvalue weighted by Gasteiger charge is -2.49. The Hall–Kier alpha value is -2.30. The third-order valence-corrected chi connectivity index (χ3v) is 6.32. The first-order valence-corrected chi connectivity index (χ1v) is 11.0. The molecular weight excluding hydrogens is 380 g/mol. The second-order valence-corrected chi connectivity index (χ2v) is 9.17. The molecule has 1 saturated carbocycles. The van der Waals surface area contributed by atoms with Gasteiger partial charge in [-0.15, -0.1) is 0 Å². The number of rotatable bonds is 6. The maximum Gasteiger partial charge on any atom is 0.308 e. The minimum atomic E-state index is -0.438. The predicted molar refractivity (Wildman–Crippen MR) is 116 cm³/mol. The lowest BCUT2D eigenvalue weighted by molar-refractivity contribution is -0.148. The Bertz CT molecular complexity index is 838. The molecule has 0 N–H and O–H groups in total. The quantitative estimate of drug-likeness (QED) is 0.266. The highest BCUT2D eigenvalue weighted by molar-refractivity contribution is 5.71. The van der Waals surface area contributed by atoms with Crippen molar-refractivity contribution in [3.8, 4) is 11.5 Å². The maximum absolute atomic E-state index is 11.9. The van der Waals surface area contributed by atoms with Gasteiger partial charge in [-0.05, 0) is 62.8 Å². The fraction of sp³-hybridized carbons (Fsp3) is 0.600. The van der Waals surface area contributed by atoms with Crippen molar-refractivity contribution in [3.05, 3.63) is 35.4 Å². The predicted octanol–water partition coefficient (Wildman–Crippen LogP) is 5.50. The summed E-state index contributed by atoms with van der Waals surface area (Å²) in [5.41, 5.74) is 2.53. The summed E-state index contributed by atoms with van der Waals surface area (Å²) in [6.45, 7) is 13.4. The Morgan fingerprint density at radius 2 is 1.93 bits per heavy atom. The van der Waals surface area contributed by atoms with Gasteiger partial charge in [-0.1, -0.05) is 26.3 Å². The minimum Gasteiger partial charge on any atom is -0.487 e. The highest BCUT2D eigenvalue weighted by Gasteiger charge is 2.49. The van der Waals surface area contributed by atoms with Gasteiger partial charge in [0.15, 0.2) is 0 Å². The number of unbranched alkanes of at least 4 members (excludes halogenated alkanes) is 2. The van der Waals surface area contributed by atoms with E-state index in [1.165, 1.54) is 13.8 Å². The number of benzene rings is 1. The molecule has 0 bridgehead atoms. The molecule has 0 radical (unpaired) electrons. The van der Waals surface area contributed by atoms with Crippen LogP contribution in [0.5, 0.6) is 11.5 Å². The number of ether oxygens (including phenoxy) is 3. The molecular formula is C25H34O5. The van der Waals surface area contributed by atoms with Crippen LogP contribution < -0.4 is 9.47 Å². The van der Waals surface area contributed by atoms with Gasteiger partial charge in [0.05, 0.1) is 0 Å². The smallest absolute Gasteiger partial charge is 0.308 e. The van der Waals surface area contributed by atoms with Gasteiger partial charge in [0.2, 0.25) is 0 Å². The molecule has 2 aliphatic rings. The largest absolute Gasteiger partial charge is 0.487 e. The van der Waals surface area contributed by atoms with E-state index in [1.54, 1.807) is 0 Å². The standard InChI is InChI=1S/C25H34O5/c1-7-8-9-10-18-12-22(29-17(4)27)24-19-11-15(2)21(28-16(3)26)14-20(19)25(5,6)30-23(24)13-18/h12-13,19-21H,2,7-11,14H2,1,3-6H3/t19-,20-,21-/m1/s1. The van der Waals surface area contributed by atoms with E-state index in [0.29, 0.717) is 18.6 Å². The van der Waals surface area contributed by atoms with Crippen molar-refractivity contribution in [1.82, 2.24) is 0 Å². The molecule has 3 rings (SSSR count). The second kappa shape index (κ2) is 8.83. The molecule has 1 aliphatic heterocycles. The summed E-state index contributed by atoms with van der Waals surface area (Å²) in [6, 6.07) is 4.10. The molecule has 0 saturated heterocycles. The molecule has 1 aromatic rings. The monoisotopic (exact) mass is 414 g/mol. The highest BCUT2D eigenvalue weighted by Crippen LogP contribution is 2.56. The Balaban J connectivity index is 2.02. The third-order valence-electron chi connectivity index (χ3n) is 6.32. The van der Waals surface area contributed by atoms with Crippen molar-refractivity contribution in [1.29, 1.82) is 0 Å². The van der Waals surface area contributed by atoms with Gasteiger partial charge in [-0.2, -0.15) is 0 Å². The van der Waals surface area contributed by atoms with Gasteiger partial charge in [0.1, 0.15) is 23.2 Å². The van der Waals surface area contributed by atoms with Crippen molar-refractivity contribution in [3.63, 3.8) is 0 Å². The van der Waals surface area contributed by atoms with Crippen LogP contribution in [0.1, 0.15) is 83.8 Å². The van der Waals surface area contributed by atoms with Crippen LogP contribution in [-0.2, 0) is 20.7 Å². The number of fused-ring (bicyclic) bond motifs is 3. The minimum absolute atomic E-state index is 0.0992. The lowest BCUT2D eigenvalue weighted by atomic mass is 9.64. The van der Waals surface area contributed by atoms with Crippen LogP contribution in [0.25, 0.3) is 0 Å². The molecule has 1 heterocycles. The summed E-state index contributed by atoms with van der Waals surface area (Å²) in [5, 5.41) is 0. The van der Waals surface area contributed by atoms with Crippen LogP contribution in [0.3, 0.4) is 0 Å². The Labute approximate surface area is 179 Å². The number of carbonyl (C=O) groups is 2. The molecule has 0 amide bonds. The first-order chi connectivity index (χ1) is 14.1. The third kappa shape index (κ3) is 4.71. The summed E-state index contributed by atoms with van der Waals surface area (Å²) < 4.78 is 17.7. The van der Waals surface area contributed by atoms with E-state index >= 15 is 0 Å². The highest BCUT2D eigenvalue weighted by atomic mass is 16.5. The van der Waals surface area contributed by atoms with Gasteiger partial charge in [0.25, 0.3) is 0 Å². The van der Waals surface area contributed by atoms with Crippen LogP contribution >= 0.6 is 0 Å². The molecule has 0 unspecified atom stereocenters. The fourth-order valence-corrected chi connectivity index (χ4v) is 4.95. The molecule has 164 valence electrons. The van der Waals surface area contributed by atoms with Crippen molar-refractivity contribution in [2.45, 2.75) is 90.8 Å². The summed E-state index contributed by atoms with van der Waals surface area (Å²) >= 11 is 0. The summed E-state index contributed by atoms with van der Waals surface area (Å²) in [5.74, 6) is 0.965. The normalized spacial score (nSPS) is 24.3. The number of aryl methyl sites for hydroxylation is 1. The van der Waals surface area contributed by atoms with Gasteiger partial charge >= 0.3 is 11.9 Å². The van der Waals surface area contributed by atoms with Crippen LogP contribution in [0, 0.1) is 5.92 Å². The lowest BCUT2D eigenvalue weighted by Crippen LogP contribution is -2.49. The number of esters is 2. The van der Waals surface area contributed by atoms with E-state index < -0.39 is 5.60 Å². The first-order valence-electron chi connectivity index (χ1n) is 11.0. The van der Waals surface area contributed by atoms with Crippen molar-refractivity contribution in [2.75, 3.05) is 0 Å². The van der Waals surface area contributed by atoms with Gasteiger partial charge in [-0.3, -0.25) is 9.59 Å². The van der Waals surface area contributed by atoms with Crippen molar-refractivity contribution in [2.24, 2.45) is 5.92 Å². The van der Waals surface area contributed by atoms with Gasteiger partial charge in [-0.25, -0.2) is 0 Å². The Morgan fingerprint density at radius 1 is 1.20 bits per heavy atom. The molecule has 30 heavy (non-hydrogen) atoms. The number of carbonyl (C=O) groups excluding carboxylic acids is 2. The van der Waals surface area contributed by atoms with E-state index in [1.807, 2.05) is 6.07 Å². The zero-order valence-electron chi connectivity index (χ0n) is 18.9.